The van der Waals surface area contributed by atoms with Crippen molar-refractivity contribution in [1.29, 1.82) is 0 Å². The molecule has 0 saturated carbocycles. The third kappa shape index (κ3) is 6.29. The van der Waals surface area contributed by atoms with Gasteiger partial charge in [0, 0.05) is 31.7 Å². The molecular weight excluding hydrogens is 585 g/mol. The van der Waals surface area contributed by atoms with Gasteiger partial charge in [0.05, 0.1) is 15.6 Å². The first-order valence-electron chi connectivity index (χ1n) is 13.0. The highest BCUT2D eigenvalue weighted by atomic mass is 35.5. The number of aromatic nitrogens is 1. The van der Waals surface area contributed by atoms with Crippen LogP contribution in [0.25, 0.3) is 11.3 Å². The van der Waals surface area contributed by atoms with Crippen molar-refractivity contribution >= 4 is 44.7 Å². The Labute approximate surface area is 240 Å². The second-order valence-electron chi connectivity index (χ2n) is 9.89. The van der Waals surface area contributed by atoms with E-state index in [0.29, 0.717) is 34.3 Å². The number of halogens is 4. The number of rotatable bonds is 7. The van der Waals surface area contributed by atoms with Crippen LogP contribution in [-0.2, 0) is 27.5 Å². The molecular formula is C27H28ClF3N4O3S2. The second-order valence-corrected chi connectivity index (χ2v) is 13.7. The van der Waals surface area contributed by atoms with E-state index in [0.717, 1.165) is 61.4 Å². The highest BCUT2D eigenvalue weighted by Gasteiger charge is 2.40. The molecule has 1 atom stereocenters. The minimum absolute atomic E-state index is 0.0960. The van der Waals surface area contributed by atoms with Gasteiger partial charge < -0.3 is 10.2 Å². The molecule has 0 aliphatic carbocycles. The summed E-state index contributed by atoms with van der Waals surface area (Å²) in [6, 6.07) is 10.6. The normalized spacial score (nSPS) is 18.7. The fraction of sp³-hybridized carbons (Fsp3) is 0.407. The van der Waals surface area contributed by atoms with E-state index in [-0.39, 0.29) is 17.3 Å². The lowest BCUT2D eigenvalue weighted by Crippen LogP contribution is -2.45. The smallest absolute Gasteiger partial charge is 0.357 e. The molecule has 3 aromatic rings. The van der Waals surface area contributed by atoms with E-state index in [2.05, 4.69) is 10.2 Å². The van der Waals surface area contributed by atoms with Crippen molar-refractivity contribution in [2.45, 2.75) is 55.1 Å². The maximum atomic E-state index is 13.2. The Hall–Kier alpha value is -2.67. The number of carbonyl (C=O) groups excluding carboxylic acids is 1. The van der Waals surface area contributed by atoms with Crippen molar-refractivity contribution in [2.75, 3.05) is 24.5 Å². The number of nitrogens with zero attached hydrogens (tertiary/aromatic N) is 3. The van der Waals surface area contributed by atoms with E-state index >= 15 is 0 Å². The number of pyridine rings is 1. The average molecular weight is 613 g/mol. The summed E-state index contributed by atoms with van der Waals surface area (Å²) in [7, 11) is -3.86. The minimum atomic E-state index is -4.44. The van der Waals surface area contributed by atoms with Gasteiger partial charge in [-0.25, -0.2) is 13.4 Å². The van der Waals surface area contributed by atoms with Gasteiger partial charge in [0.15, 0.2) is 0 Å². The molecule has 4 heterocycles. The molecule has 1 N–H and O–H groups in total. The van der Waals surface area contributed by atoms with Crippen molar-refractivity contribution in [2.24, 2.45) is 0 Å². The number of sulfonamides is 1. The number of carbonyl (C=O) groups is 1. The van der Waals surface area contributed by atoms with Crippen molar-refractivity contribution < 1.29 is 26.4 Å². The molecule has 0 radical (unpaired) electrons. The zero-order valence-electron chi connectivity index (χ0n) is 21.5. The summed E-state index contributed by atoms with van der Waals surface area (Å²) in [6.45, 7) is 1.99. The lowest BCUT2D eigenvalue weighted by Gasteiger charge is -2.28. The van der Waals surface area contributed by atoms with Crippen molar-refractivity contribution in [3.05, 3.63) is 64.0 Å². The SMILES string of the molecule is O=C(NCc1cc(-c2ccc(C(F)(F)F)cc2)nc(N2CCCCC2)c1)[C@@H]1CCCN1S(=O)(=O)c1ccc(Cl)s1. The zero-order chi connectivity index (χ0) is 28.5. The van der Waals surface area contributed by atoms with Gasteiger partial charge >= 0.3 is 6.18 Å². The molecule has 40 heavy (non-hydrogen) atoms. The number of amides is 1. The van der Waals surface area contributed by atoms with E-state index in [4.69, 9.17) is 16.6 Å². The number of alkyl halides is 3. The van der Waals surface area contributed by atoms with Crippen LogP contribution < -0.4 is 10.2 Å². The Kier molecular flexibility index (Phi) is 8.42. The highest BCUT2D eigenvalue weighted by Crippen LogP contribution is 2.33. The average Bonchev–Trinajstić information content (AvgIpc) is 3.62. The van der Waals surface area contributed by atoms with E-state index < -0.39 is 33.7 Å². The topological polar surface area (TPSA) is 82.6 Å². The molecule has 1 aromatic carbocycles. The Morgan fingerprint density at radius 3 is 2.40 bits per heavy atom. The third-order valence-electron chi connectivity index (χ3n) is 7.14. The first-order valence-corrected chi connectivity index (χ1v) is 15.6. The maximum absolute atomic E-state index is 13.2. The summed E-state index contributed by atoms with van der Waals surface area (Å²) in [5, 5.41) is 2.87. The van der Waals surface area contributed by atoms with Crippen LogP contribution in [0.5, 0.6) is 0 Å². The molecule has 2 aliphatic heterocycles. The molecule has 2 aromatic heterocycles. The van der Waals surface area contributed by atoms with E-state index in [1.54, 1.807) is 6.07 Å². The van der Waals surface area contributed by atoms with Crippen molar-refractivity contribution in [1.82, 2.24) is 14.6 Å². The van der Waals surface area contributed by atoms with Gasteiger partial charge in [-0.15, -0.1) is 11.3 Å². The standard InChI is InChI=1S/C27H28ClF3N4O3S2/c28-23-10-11-25(39-23)40(37,38)35-14-4-5-22(35)26(36)32-17-18-15-21(19-6-8-20(9-7-19)27(29,30)31)33-24(16-18)34-12-2-1-3-13-34/h6-11,15-16,22H,1-5,12-14,17H2,(H,32,36)/t22-/m0/s1. The Balaban J connectivity index is 1.37. The van der Waals surface area contributed by atoms with Gasteiger partial charge in [-0.05, 0) is 74.1 Å². The fourth-order valence-electron chi connectivity index (χ4n) is 5.08. The number of piperidine rings is 1. The van der Waals surface area contributed by atoms with Crippen LogP contribution in [0.4, 0.5) is 19.0 Å². The number of hydrogen-bond donors (Lipinski definition) is 1. The molecule has 2 saturated heterocycles. The monoisotopic (exact) mass is 612 g/mol. The van der Waals surface area contributed by atoms with Crippen molar-refractivity contribution in [3.8, 4) is 11.3 Å². The predicted octanol–water partition coefficient (Wildman–Crippen LogP) is 5.94. The Bertz CT molecular complexity index is 1470. The molecule has 5 rings (SSSR count). The number of anilines is 1. The molecule has 0 spiro atoms. The van der Waals surface area contributed by atoms with Gasteiger partial charge in [0.1, 0.15) is 16.1 Å². The van der Waals surface area contributed by atoms with Gasteiger partial charge in [-0.2, -0.15) is 17.5 Å². The van der Waals surface area contributed by atoms with Crippen LogP contribution in [0, 0.1) is 0 Å². The summed E-state index contributed by atoms with van der Waals surface area (Å²) in [5.41, 5.74) is 1.01. The van der Waals surface area contributed by atoms with Gasteiger partial charge in [0.25, 0.3) is 10.0 Å². The van der Waals surface area contributed by atoms with Crippen LogP contribution in [0.3, 0.4) is 0 Å². The molecule has 2 aliphatic rings. The van der Waals surface area contributed by atoms with E-state index in [1.807, 2.05) is 6.07 Å². The maximum Gasteiger partial charge on any atom is 0.416 e. The van der Waals surface area contributed by atoms with Crippen LogP contribution in [0.15, 0.2) is 52.7 Å². The highest BCUT2D eigenvalue weighted by molar-refractivity contribution is 7.91. The van der Waals surface area contributed by atoms with E-state index in [9.17, 15) is 26.4 Å². The molecule has 214 valence electrons. The molecule has 0 bridgehead atoms. The summed E-state index contributed by atoms with van der Waals surface area (Å²) >= 11 is 6.89. The number of nitrogens with one attached hydrogen (secondary N) is 1. The summed E-state index contributed by atoms with van der Waals surface area (Å²) < 4.78 is 67.3. The zero-order valence-corrected chi connectivity index (χ0v) is 23.8. The predicted molar refractivity (Wildman–Crippen MR) is 149 cm³/mol. The van der Waals surface area contributed by atoms with Crippen LogP contribution in [0.2, 0.25) is 4.34 Å². The van der Waals surface area contributed by atoms with Crippen LogP contribution in [0.1, 0.15) is 43.2 Å². The molecule has 7 nitrogen and oxygen atoms in total. The molecule has 13 heteroatoms. The largest absolute Gasteiger partial charge is 0.416 e. The molecule has 0 unspecified atom stereocenters. The fourth-order valence-corrected chi connectivity index (χ4v) is 8.35. The molecule has 1 amide bonds. The Morgan fingerprint density at radius 2 is 1.75 bits per heavy atom. The van der Waals surface area contributed by atoms with Gasteiger partial charge in [0.2, 0.25) is 5.91 Å². The quantitative estimate of drug-likeness (QED) is 0.357. The lowest BCUT2D eigenvalue weighted by molar-refractivity contribution is -0.137. The number of benzene rings is 1. The number of thiophene rings is 1. The first-order chi connectivity index (χ1) is 19.0. The summed E-state index contributed by atoms with van der Waals surface area (Å²) in [4.78, 5) is 20.1. The van der Waals surface area contributed by atoms with Crippen LogP contribution in [-0.4, -0.2) is 49.3 Å². The summed E-state index contributed by atoms with van der Waals surface area (Å²) in [6.07, 6.45) is -0.330. The van der Waals surface area contributed by atoms with Crippen molar-refractivity contribution in [3.63, 3.8) is 0 Å². The summed E-state index contributed by atoms with van der Waals surface area (Å²) in [5.74, 6) is 0.289. The van der Waals surface area contributed by atoms with Gasteiger partial charge in [-0.1, -0.05) is 23.7 Å². The second kappa shape index (κ2) is 11.7. The Morgan fingerprint density at radius 1 is 1.02 bits per heavy atom. The van der Waals surface area contributed by atoms with E-state index in [1.165, 1.54) is 28.6 Å². The van der Waals surface area contributed by atoms with Crippen LogP contribution >= 0.6 is 22.9 Å². The number of hydrogen-bond acceptors (Lipinski definition) is 6. The first kappa shape index (κ1) is 28.8. The minimum Gasteiger partial charge on any atom is -0.357 e. The third-order valence-corrected chi connectivity index (χ3v) is 10.8. The van der Waals surface area contributed by atoms with Gasteiger partial charge in [-0.3, -0.25) is 4.79 Å². The molecule has 2 fully saturated rings. The lowest BCUT2D eigenvalue weighted by atomic mass is 10.1.